The SMILES string of the molecule is Cc1cccc(N2CCN(C(=O)NCCc3ccc(F)cc3)CC2)c1C.Cl. The second-order valence-electron chi connectivity index (χ2n) is 6.80. The first kappa shape index (κ1) is 21.0. The molecule has 0 bridgehead atoms. The van der Waals surface area contributed by atoms with Crippen molar-refractivity contribution in [2.75, 3.05) is 37.6 Å². The number of piperazine rings is 1. The van der Waals surface area contributed by atoms with Crippen molar-refractivity contribution in [3.05, 3.63) is 65.0 Å². The Kier molecular flexibility index (Phi) is 7.48. The van der Waals surface area contributed by atoms with Crippen molar-refractivity contribution >= 4 is 24.1 Å². The van der Waals surface area contributed by atoms with E-state index in [4.69, 9.17) is 0 Å². The number of hydrogen-bond donors (Lipinski definition) is 1. The monoisotopic (exact) mass is 391 g/mol. The minimum atomic E-state index is -0.237. The maximum atomic E-state index is 12.9. The van der Waals surface area contributed by atoms with Gasteiger partial charge in [-0.2, -0.15) is 0 Å². The van der Waals surface area contributed by atoms with Crippen LogP contribution in [-0.2, 0) is 6.42 Å². The quantitative estimate of drug-likeness (QED) is 0.856. The van der Waals surface area contributed by atoms with Crippen LogP contribution in [0.2, 0.25) is 0 Å². The number of carbonyl (C=O) groups is 1. The van der Waals surface area contributed by atoms with E-state index in [-0.39, 0.29) is 24.3 Å². The van der Waals surface area contributed by atoms with Crippen LogP contribution in [0.4, 0.5) is 14.9 Å². The van der Waals surface area contributed by atoms with E-state index in [1.165, 1.54) is 28.9 Å². The highest BCUT2D eigenvalue weighted by Gasteiger charge is 2.22. The van der Waals surface area contributed by atoms with E-state index in [9.17, 15) is 9.18 Å². The maximum Gasteiger partial charge on any atom is 0.317 e. The number of anilines is 1. The van der Waals surface area contributed by atoms with Crippen LogP contribution in [0.15, 0.2) is 42.5 Å². The lowest BCUT2D eigenvalue weighted by molar-refractivity contribution is 0.194. The molecule has 1 heterocycles. The van der Waals surface area contributed by atoms with Crippen LogP contribution in [0.3, 0.4) is 0 Å². The topological polar surface area (TPSA) is 35.6 Å². The van der Waals surface area contributed by atoms with Gasteiger partial charge in [-0.05, 0) is 55.2 Å². The number of amides is 2. The molecule has 146 valence electrons. The van der Waals surface area contributed by atoms with E-state index in [0.717, 1.165) is 31.7 Å². The standard InChI is InChI=1S/C21H26FN3O.ClH/c1-16-4-3-5-20(17(16)2)24-12-14-25(15-13-24)21(26)23-11-10-18-6-8-19(22)9-7-18;/h3-9H,10-15H2,1-2H3,(H,23,26);1H. The van der Waals surface area contributed by atoms with Gasteiger partial charge in [-0.1, -0.05) is 24.3 Å². The molecule has 1 saturated heterocycles. The van der Waals surface area contributed by atoms with Gasteiger partial charge in [0.1, 0.15) is 5.82 Å². The zero-order chi connectivity index (χ0) is 18.5. The van der Waals surface area contributed by atoms with Crippen molar-refractivity contribution in [3.63, 3.8) is 0 Å². The first-order valence-corrected chi connectivity index (χ1v) is 9.13. The van der Waals surface area contributed by atoms with Gasteiger partial charge in [0.05, 0.1) is 0 Å². The average Bonchev–Trinajstić information content (AvgIpc) is 2.66. The molecular formula is C21H27ClFN3O. The summed E-state index contributed by atoms with van der Waals surface area (Å²) in [5, 5.41) is 2.97. The smallest absolute Gasteiger partial charge is 0.317 e. The molecule has 1 N–H and O–H groups in total. The Bertz CT molecular complexity index is 759. The van der Waals surface area contributed by atoms with Crippen molar-refractivity contribution in [1.29, 1.82) is 0 Å². The lowest BCUT2D eigenvalue weighted by atomic mass is 10.1. The molecule has 6 heteroatoms. The van der Waals surface area contributed by atoms with Gasteiger partial charge < -0.3 is 15.1 Å². The number of nitrogens with one attached hydrogen (secondary N) is 1. The molecule has 0 aliphatic carbocycles. The van der Waals surface area contributed by atoms with Crippen molar-refractivity contribution in [3.8, 4) is 0 Å². The molecule has 1 aliphatic rings. The Morgan fingerprint density at radius 1 is 1.04 bits per heavy atom. The fourth-order valence-corrected chi connectivity index (χ4v) is 3.31. The molecule has 0 spiro atoms. The van der Waals surface area contributed by atoms with Gasteiger partial charge in [0.15, 0.2) is 0 Å². The summed E-state index contributed by atoms with van der Waals surface area (Å²) >= 11 is 0. The van der Waals surface area contributed by atoms with Crippen molar-refractivity contribution in [2.24, 2.45) is 0 Å². The normalized spacial score (nSPS) is 13.9. The Balaban J connectivity index is 0.00000261. The third-order valence-electron chi connectivity index (χ3n) is 5.09. The van der Waals surface area contributed by atoms with E-state index < -0.39 is 0 Å². The zero-order valence-electron chi connectivity index (χ0n) is 15.9. The number of halogens is 2. The van der Waals surface area contributed by atoms with Crippen molar-refractivity contribution in [1.82, 2.24) is 10.2 Å². The summed E-state index contributed by atoms with van der Waals surface area (Å²) in [6.45, 7) is 7.96. The summed E-state index contributed by atoms with van der Waals surface area (Å²) in [6, 6.07) is 12.8. The number of urea groups is 1. The van der Waals surface area contributed by atoms with Crippen LogP contribution in [-0.4, -0.2) is 43.7 Å². The number of carbonyl (C=O) groups excluding carboxylic acids is 1. The highest BCUT2D eigenvalue weighted by Crippen LogP contribution is 2.23. The van der Waals surface area contributed by atoms with Crippen LogP contribution in [0.5, 0.6) is 0 Å². The van der Waals surface area contributed by atoms with Crippen molar-refractivity contribution < 1.29 is 9.18 Å². The fourth-order valence-electron chi connectivity index (χ4n) is 3.31. The summed E-state index contributed by atoms with van der Waals surface area (Å²) in [4.78, 5) is 16.6. The van der Waals surface area contributed by atoms with E-state index in [1.807, 2.05) is 4.90 Å². The summed E-state index contributed by atoms with van der Waals surface area (Å²) in [7, 11) is 0. The first-order valence-electron chi connectivity index (χ1n) is 9.13. The molecule has 0 atom stereocenters. The Hall–Kier alpha value is -2.27. The molecule has 2 aromatic rings. The molecule has 1 aliphatic heterocycles. The lowest BCUT2D eigenvalue weighted by Gasteiger charge is -2.37. The van der Waals surface area contributed by atoms with Gasteiger partial charge in [-0.25, -0.2) is 9.18 Å². The number of aryl methyl sites for hydroxylation is 1. The summed E-state index contributed by atoms with van der Waals surface area (Å²) in [5.74, 6) is -0.237. The molecular weight excluding hydrogens is 365 g/mol. The highest BCUT2D eigenvalue weighted by atomic mass is 35.5. The minimum Gasteiger partial charge on any atom is -0.368 e. The van der Waals surface area contributed by atoms with Gasteiger partial charge in [0, 0.05) is 38.4 Å². The second kappa shape index (κ2) is 9.60. The molecule has 1 fully saturated rings. The number of nitrogens with zero attached hydrogens (tertiary/aromatic N) is 2. The van der Waals surface area contributed by atoms with Crippen LogP contribution in [0.1, 0.15) is 16.7 Å². The molecule has 4 nitrogen and oxygen atoms in total. The molecule has 2 amide bonds. The van der Waals surface area contributed by atoms with Gasteiger partial charge in [0.25, 0.3) is 0 Å². The summed E-state index contributed by atoms with van der Waals surface area (Å²) in [6.07, 6.45) is 0.703. The van der Waals surface area contributed by atoms with Crippen LogP contribution in [0, 0.1) is 19.7 Å². The van der Waals surface area contributed by atoms with E-state index >= 15 is 0 Å². The number of rotatable bonds is 4. The van der Waals surface area contributed by atoms with Gasteiger partial charge >= 0.3 is 6.03 Å². The number of benzene rings is 2. The predicted octanol–water partition coefficient (Wildman–Crippen LogP) is 3.94. The van der Waals surface area contributed by atoms with Crippen LogP contribution >= 0.6 is 12.4 Å². The van der Waals surface area contributed by atoms with E-state index in [1.54, 1.807) is 12.1 Å². The van der Waals surface area contributed by atoms with E-state index in [0.29, 0.717) is 13.0 Å². The van der Waals surface area contributed by atoms with Gasteiger partial charge in [-0.15, -0.1) is 12.4 Å². The zero-order valence-corrected chi connectivity index (χ0v) is 16.7. The molecule has 2 aromatic carbocycles. The first-order chi connectivity index (χ1) is 12.5. The Morgan fingerprint density at radius 3 is 2.37 bits per heavy atom. The van der Waals surface area contributed by atoms with Gasteiger partial charge in [0.2, 0.25) is 0 Å². The molecule has 27 heavy (non-hydrogen) atoms. The minimum absolute atomic E-state index is 0. The molecule has 3 rings (SSSR count). The average molecular weight is 392 g/mol. The Labute approximate surface area is 166 Å². The van der Waals surface area contributed by atoms with Crippen LogP contribution in [0.25, 0.3) is 0 Å². The summed E-state index contributed by atoms with van der Waals surface area (Å²) in [5.41, 5.74) is 4.89. The maximum absolute atomic E-state index is 12.9. The Morgan fingerprint density at radius 2 is 1.70 bits per heavy atom. The molecule has 0 radical (unpaired) electrons. The van der Waals surface area contributed by atoms with Gasteiger partial charge in [-0.3, -0.25) is 0 Å². The van der Waals surface area contributed by atoms with Crippen LogP contribution < -0.4 is 10.2 Å². The number of hydrogen-bond acceptors (Lipinski definition) is 2. The fraction of sp³-hybridized carbons (Fsp3) is 0.381. The molecule has 0 unspecified atom stereocenters. The molecule has 0 aromatic heterocycles. The third kappa shape index (κ3) is 5.36. The highest BCUT2D eigenvalue weighted by molar-refractivity contribution is 5.85. The second-order valence-corrected chi connectivity index (χ2v) is 6.80. The third-order valence-corrected chi connectivity index (χ3v) is 5.09. The largest absolute Gasteiger partial charge is 0.368 e. The van der Waals surface area contributed by atoms with E-state index in [2.05, 4.69) is 42.3 Å². The molecule has 0 saturated carbocycles. The lowest BCUT2D eigenvalue weighted by Crippen LogP contribution is -2.52. The van der Waals surface area contributed by atoms with Crippen molar-refractivity contribution in [2.45, 2.75) is 20.3 Å². The summed E-state index contributed by atoms with van der Waals surface area (Å²) < 4.78 is 12.9. The predicted molar refractivity (Wildman–Crippen MR) is 110 cm³/mol.